The molecule has 36 heavy (non-hydrogen) atoms. The Labute approximate surface area is 213 Å². The predicted octanol–water partition coefficient (Wildman–Crippen LogP) is 2.81. The SMILES string of the molecule is C[C@H]1CCC[C@H](C)N1C(=O)COc1ccc(C(=O)NNS(=O)(=O)C[C@]23CC[C@H](CC2=O)C3(C)C)cc1. The molecule has 1 aliphatic heterocycles. The zero-order valence-corrected chi connectivity index (χ0v) is 22.3. The van der Waals surface area contributed by atoms with E-state index in [1.165, 1.54) is 12.1 Å². The highest BCUT2D eigenvalue weighted by molar-refractivity contribution is 7.89. The van der Waals surface area contributed by atoms with Gasteiger partial charge < -0.3 is 9.64 Å². The highest BCUT2D eigenvalue weighted by Gasteiger charge is 2.65. The van der Waals surface area contributed by atoms with Crippen molar-refractivity contribution < 1.29 is 27.5 Å². The minimum absolute atomic E-state index is 0.00118. The van der Waals surface area contributed by atoms with Crippen molar-refractivity contribution in [2.24, 2.45) is 16.7 Å². The molecule has 4 atom stereocenters. The van der Waals surface area contributed by atoms with Crippen LogP contribution in [0.4, 0.5) is 0 Å². The van der Waals surface area contributed by atoms with Gasteiger partial charge in [0.05, 0.1) is 5.75 Å². The van der Waals surface area contributed by atoms with Crippen molar-refractivity contribution in [3.63, 3.8) is 0 Å². The van der Waals surface area contributed by atoms with E-state index in [1.54, 1.807) is 12.1 Å². The number of amides is 2. The number of carbonyl (C=O) groups is 3. The van der Waals surface area contributed by atoms with E-state index < -0.39 is 21.3 Å². The monoisotopic (exact) mass is 519 g/mol. The van der Waals surface area contributed by atoms with E-state index in [-0.39, 0.29) is 53.0 Å². The van der Waals surface area contributed by atoms with Crippen LogP contribution in [0.5, 0.6) is 5.75 Å². The maximum atomic E-state index is 12.8. The Bertz CT molecular complexity index is 1120. The van der Waals surface area contributed by atoms with Crippen LogP contribution in [0.15, 0.2) is 24.3 Å². The molecule has 1 aromatic carbocycles. The molecular formula is C26H37N3O6S. The molecule has 1 heterocycles. The lowest BCUT2D eigenvalue weighted by atomic mass is 9.70. The molecule has 0 aromatic heterocycles. The van der Waals surface area contributed by atoms with Crippen molar-refractivity contribution in [1.82, 2.24) is 15.2 Å². The molecule has 2 aliphatic carbocycles. The Morgan fingerprint density at radius 3 is 2.28 bits per heavy atom. The number of hydrazine groups is 1. The fraction of sp³-hybridized carbons (Fsp3) is 0.654. The zero-order chi connectivity index (χ0) is 26.3. The summed E-state index contributed by atoms with van der Waals surface area (Å²) in [6.45, 7) is 7.94. The van der Waals surface area contributed by atoms with Gasteiger partial charge in [-0.2, -0.15) is 0 Å². The van der Waals surface area contributed by atoms with E-state index in [4.69, 9.17) is 4.74 Å². The van der Waals surface area contributed by atoms with E-state index in [0.29, 0.717) is 18.6 Å². The van der Waals surface area contributed by atoms with Crippen molar-refractivity contribution in [2.45, 2.75) is 78.3 Å². The van der Waals surface area contributed by atoms with Gasteiger partial charge in [0.2, 0.25) is 10.0 Å². The molecular weight excluding hydrogens is 482 g/mol. The molecule has 3 fully saturated rings. The summed E-state index contributed by atoms with van der Waals surface area (Å²) < 4.78 is 31.2. The second-order valence-corrected chi connectivity index (χ2v) is 12.9. The van der Waals surface area contributed by atoms with Gasteiger partial charge in [0.1, 0.15) is 11.5 Å². The number of nitrogens with one attached hydrogen (secondary N) is 2. The third kappa shape index (κ3) is 4.89. The number of benzene rings is 1. The summed E-state index contributed by atoms with van der Waals surface area (Å²) in [7, 11) is -3.93. The first kappa shape index (κ1) is 26.6. The fourth-order valence-electron chi connectivity index (χ4n) is 6.50. The van der Waals surface area contributed by atoms with E-state index >= 15 is 0 Å². The molecule has 0 radical (unpaired) electrons. The van der Waals surface area contributed by atoms with Crippen LogP contribution in [0.1, 0.15) is 76.6 Å². The van der Waals surface area contributed by atoms with E-state index in [9.17, 15) is 22.8 Å². The first-order chi connectivity index (χ1) is 16.9. The number of piperidine rings is 1. The van der Waals surface area contributed by atoms with Crippen molar-refractivity contribution in [3.8, 4) is 5.75 Å². The van der Waals surface area contributed by atoms with Crippen LogP contribution in [-0.4, -0.2) is 55.4 Å². The van der Waals surface area contributed by atoms with Crippen LogP contribution < -0.4 is 15.0 Å². The average molecular weight is 520 g/mol. The number of carbonyl (C=O) groups excluding carboxylic acids is 3. The number of fused-ring (bicyclic) bond motifs is 2. The van der Waals surface area contributed by atoms with Crippen LogP contribution >= 0.6 is 0 Å². The Morgan fingerprint density at radius 2 is 1.72 bits per heavy atom. The lowest BCUT2D eigenvalue weighted by molar-refractivity contribution is -0.139. The van der Waals surface area contributed by atoms with E-state index in [2.05, 4.69) is 10.3 Å². The van der Waals surface area contributed by atoms with Crippen molar-refractivity contribution >= 4 is 27.6 Å². The standard InChI is InChI=1S/C26H37N3O6S/c1-17-6-5-7-18(2)29(17)23(31)15-35-21-10-8-19(9-11-21)24(32)27-28-36(33,34)16-26-13-12-20(14-22(26)30)25(26,3)4/h8-11,17-18,20,28H,5-7,12-16H2,1-4H3,(H,27,32)/t17-,18-,20+,26+/m0/s1. The van der Waals surface area contributed by atoms with Gasteiger partial charge in [-0.3, -0.25) is 19.8 Å². The molecule has 2 amide bonds. The minimum Gasteiger partial charge on any atom is -0.484 e. The molecule has 2 bridgehead atoms. The molecule has 1 aromatic rings. The highest BCUT2D eigenvalue weighted by atomic mass is 32.2. The van der Waals surface area contributed by atoms with Gasteiger partial charge in [-0.15, -0.1) is 4.83 Å². The molecule has 2 saturated carbocycles. The zero-order valence-electron chi connectivity index (χ0n) is 21.5. The summed E-state index contributed by atoms with van der Waals surface area (Å²) in [5.41, 5.74) is 1.18. The normalized spacial score (nSPS) is 29.3. The van der Waals surface area contributed by atoms with E-state index in [0.717, 1.165) is 25.7 Å². The number of sulfonamides is 1. The maximum Gasteiger partial charge on any atom is 0.266 e. The van der Waals surface area contributed by atoms with Crippen LogP contribution in [0.2, 0.25) is 0 Å². The van der Waals surface area contributed by atoms with Gasteiger partial charge in [-0.25, -0.2) is 8.42 Å². The Balaban J connectivity index is 1.30. The topological polar surface area (TPSA) is 122 Å². The second-order valence-electron chi connectivity index (χ2n) is 11.2. The van der Waals surface area contributed by atoms with Gasteiger partial charge in [-0.1, -0.05) is 13.8 Å². The Hall–Kier alpha value is -2.46. The fourth-order valence-corrected chi connectivity index (χ4v) is 8.15. The van der Waals surface area contributed by atoms with Crippen molar-refractivity contribution in [2.75, 3.05) is 12.4 Å². The second kappa shape index (κ2) is 9.78. The Morgan fingerprint density at radius 1 is 1.08 bits per heavy atom. The van der Waals surface area contributed by atoms with Crippen molar-refractivity contribution in [3.05, 3.63) is 29.8 Å². The summed E-state index contributed by atoms with van der Waals surface area (Å²) in [5, 5.41) is 0. The van der Waals surface area contributed by atoms with Gasteiger partial charge in [-0.05, 0) is 81.5 Å². The molecule has 10 heteroatoms. The number of Topliss-reactive ketones (excluding diaryl/α,β-unsaturated/α-hetero) is 1. The van der Waals surface area contributed by atoms with Crippen LogP contribution in [0, 0.1) is 16.7 Å². The first-order valence-corrected chi connectivity index (χ1v) is 14.4. The summed E-state index contributed by atoms with van der Waals surface area (Å²) in [4.78, 5) is 41.8. The number of nitrogens with zero attached hydrogens (tertiary/aromatic N) is 1. The number of ether oxygens (including phenoxy) is 1. The van der Waals surface area contributed by atoms with Crippen LogP contribution in [0.25, 0.3) is 0 Å². The first-order valence-electron chi connectivity index (χ1n) is 12.7. The minimum atomic E-state index is -3.93. The molecule has 0 unspecified atom stereocenters. The predicted molar refractivity (Wildman–Crippen MR) is 135 cm³/mol. The largest absolute Gasteiger partial charge is 0.484 e. The number of hydrogen-bond donors (Lipinski definition) is 2. The van der Waals surface area contributed by atoms with Gasteiger partial charge in [0, 0.05) is 29.5 Å². The van der Waals surface area contributed by atoms with Crippen molar-refractivity contribution in [1.29, 1.82) is 0 Å². The molecule has 2 N–H and O–H groups in total. The van der Waals surface area contributed by atoms with E-state index in [1.807, 2.05) is 32.6 Å². The number of rotatable bonds is 8. The lowest BCUT2D eigenvalue weighted by Gasteiger charge is -2.38. The van der Waals surface area contributed by atoms with Gasteiger partial charge >= 0.3 is 0 Å². The lowest BCUT2D eigenvalue weighted by Crippen LogP contribution is -2.49. The number of likely N-dealkylation sites (tertiary alicyclic amines) is 1. The maximum absolute atomic E-state index is 12.8. The average Bonchev–Trinajstić information content (AvgIpc) is 3.15. The molecule has 9 nitrogen and oxygen atoms in total. The third-order valence-electron chi connectivity index (χ3n) is 8.86. The smallest absolute Gasteiger partial charge is 0.266 e. The van der Waals surface area contributed by atoms with Gasteiger partial charge in [0.25, 0.3) is 11.8 Å². The number of ketones is 1. The summed E-state index contributed by atoms with van der Waals surface area (Å²) in [6, 6.07) is 6.51. The number of hydrogen-bond acceptors (Lipinski definition) is 6. The van der Waals surface area contributed by atoms with Gasteiger partial charge in [0.15, 0.2) is 6.61 Å². The molecule has 4 rings (SSSR count). The highest BCUT2D eigenvalue weighted by Crippen LogP contribution is 2.64. The molecule has 198 valence electrons. The summed E-state index contributed by atoms with van der Waals surface area (Å²) in [5.74, 6) is -0.387. The molecule has 1 saturated heterocycles. The molecule has 0 spiro atoms. The Kier molecular flexibility index (Phi) is 7.22. The van der Waals surface area contributed by atoms with Crippen LogP contribution in [0.3, 0.4) is 0 Å². The summed E-state index contributed by atoms with van der Waals surface area (Å²) in [6.07, 6.45) is 4.90. The molecule has 3 aliphatic rings. The quantitative estimate of drug-likeness (QED) is 0.510. The third-order valence-corrected chi connectivity index (χ3v) is 10.1. The summed E-state index contributed by atoms with van der Waals surface area (Å²) >= 11 is 0. The van der Waals surface area contributed by atoms with Crippen LogP contribution in [-0.2, 0) is 19.6 Å².